The van der Waals surface area contributed by atoms with Gasteiger partial charge in [0.1, 0.15) is 24.2 Å². The Bertz CT molecular complexity index is 1320. The van der Waals surface area contributed by atoms with Crippen LogP contribution in [0.5, 0.6) is 0 Å². The van der Waals surface area contributed by atoms with Crippen LogP contribution in [0, 0.1) is 0 Å². The van der Waals surface area contributed by atoms with Gasteiger partial charge in [0.05, 0.1) is 6.20 Å². The zero-order valence-corrected chi connectivity index (χ0v) is 21.2. The summed E-state index contributed by atoms with van der Waals surface area (Å²) in [6.07, 6.45) is 4.13. The van der Waals surface area contributed by atoms with Crippen molar-refractivity contribution in [3.8, 4) is 0 Å². The minimum absolute atomic E-state index is 0.0437. The van der Waals surface area contributed by atoms with Crippen LogP contribution in [0.2, 0.25) is 0 Å². The molecule has 1 N–H and O–H groups in total. The molecule has 1 unspecified atom stereocenters. The second-order valence-corrected chi connectivity index (χ2v) is 9.14. The van der Waals surface area contributed by atoms with Gasteiger partial charge in [0.2, 0.25) is 5.91 Å². The lowest BCUT2D eigenvalue weighted by molar-refractivity contribution is -0.119. The van der Waals surface area contributed by atoms with E-state index in [-0.39, 0.29) is 24.7 Å². The molecule has 3 aromatic rings. The minimum Gasteiger partial charge on any atom is -0.444 e. The van der Waals surface area contributed by atoms with Crippen molar-refractivity contribution in [2.24, 2.45) is 0 Å². The highest BCUT2D eigenvalue weighted by Gasteiger charge is 2.47. The standard InChI is InChI=1S/C29H32N4O4/c1-4-17-32(28(36)37-20-21-13-9-7-10-14-21)24-19-30-27-29(5-2,6-3)18-23(33(27)26(24)35)25(34)31-22-15-11-8-12-16-22/h4,7-16,19,23H,1,5-6,17-18,20H2,2-3H3,(H,31,34). The monoisotopic (exact) mass is 500 g/mol. The molecule has 192 valence electrons. The van der Waals surface area contributed by atoms with Crippen LogP contribution in [0.1, 0.15) is 50.5 Å². The Kier molecular flexibility index (Phi) is 7.86. The highest BCUT2D eigenvalue weighted by atomic mass is 16.6. The fourth-order valence-corrected chi connectivity index (χ4v) is 4.89. The summed E-state index contributed by atoms with van der Waals surface area (Å²) in [5.41, 5.74) is 0.636. The van der Waals surface area contributed by atoms with Crippen LogP contribution in [0.15, 0.2) is 84.3 Å². The van der Waals surface area contributed by atoms with Crippen molar-refractivity contribution < 1.29 is 14.3 Å². The molecule has 2 heterocycles. The average Bonchev–Trinajstić information content (AvgIpc) is 3.28. The number of fused-ring (bicyclic) bond motifs is 1. The maximum atomic E-state index is 13.9. The van der Waals surface area contributed by atoms with E-state index < -0.39 is 23.1 Å². The van der Waals surface area contributed by atoms with Crippen LogP contribution >= 0.6 is 0 Å². The van der Waals surface area contributed by atoms with Gasteiger partial charge in [0, 0.05) is 17.6 Å². The number of benzene rings is 2. The number of hydrogen-bond donors (Lipinski definition) is 1. The second kappa shape index (κ2) is 11.2. The zero-order valence-electron chi connectivity index (χ0n) is 21.2. The lowest BCUT2D eigenvalue weighted by Crippen LogP contribution is -2.40. The van der Waals surface area contributed by atoms with Crippen LogP contribution < -0.4 is 15.8 Å². The Morgan fingerprint density at radius 3 is 2.41 bits per heavy atom. The molecule has 0 aliphatic carbocycles. The fourth-order valence-electron chi connectivity index (χ4n) is 4.89. The van der Waals surface area contributed by atoms with Crippen molar-refractivity contribution in [2.75, 3.05) is 16.8 Å². The number of nitrogens with zero attached hydrogens (tertiary/aromatic N) is 3. The molecule has 0 saturated heterocycles. The maximum absolute atomic E-state index is 13.9. The number of carbonyl (C=O) groups excluding carboxylic acids is 2. The largest absolute Gasteiger partial charge is 0.444 e. The molecule has 0 spiro atoms. The third kappa shape index (κ3) is 5.18. The Morgan fingerprint density at radius 2 is 1.78 bits per heavy atom. The molecule has 0 fully saturated rings. The van der Waals surface area contributed by atoms with Gasteiger partial charge in [-0.2, -0.15) is 0 Å². The summed E-state index contributed by atoms with van der Waals surface area (Å²) in [5.74, 6) is 0.273. The van der Waals surface area contributed by atoms with Gasteiger partial charge in [0.25, 0.3) is 5.56 Å². The van der Waals surface area contributed by atoms with E-state index >= 15 is 0 Å². The van der Waals surface area contributed by atoms with Crippen LogP contribution in [-0.2, 0) is 21.6 Å². The van der Waals surface area contributed by atoms with Crippen LogP contribution in [0.4, 0.5) is 16.2 Å². The number of ether oxygens (including phenoxy) is 1. The summed E-state index contributed by atoms with van der Waals surface area (Å²) in [7, 11) is 0. The zero-order chi connectivity index (χ0) is 26.4. The third-order valence-electron chi connectivity index (χ3n) is 7.07. The summed E-state index contributed by atoms with van der Waals surface area (Å²) < 4.78 is 6.95. The minimum atomic E-state index is -0.763. The Labute approximate surface area is 216 Å². The lowest BCUT2D eigenvalue weighted by atomic mass is 9.79. The van der Waals surface area contributed by atoms with Gasteiger partial charge < -0.3 is 10.1 Å². The number of aromatic nitrogens is 2. The molecule has 1 aliphatic rings. The number of amides is 2. The van der Waals surface area contributed by atoms with Gasteiger partial charge >= 0.3 is 6.09 Å². The highest BCUT2D eigenvalue weighted by Crippen LogP contribution is 2.44. The SMILES string of the molecule is C=CCN(C(=O)OCc1ccccc1)c1cnc2n(c1=O)C(C(=O)Nc1ccccc1)CC2(CC)CC. The summed E-state index contributed by atoms with van der Waals surface area (Å²) in [4.78, 5) is 46.3. The molecule has 0 bridgehead atoms. The fraction of sp³-hybridized carbons (Fsp3) is 0.310. The molecular formula is C29H32N4O4. The number of hydrogen-bond acceptors (Lipinski definition) is 5. The number of para-hydroxylation sites is 1. The van der Waals surface area contributed by atoms with Crippen LogP contribution in [-0.4, -0.2) is 28.1 Å². The molecule has 4 rings (SSSR count). The van der Waals surface area contributed by atoms with Crippen molar-refractivity contribution in [1.82, 2.24) is 9.55 Å². The molecule has 8 nitrogen and oxygen atoms in total. The van der Waals surface area contributed by atoms with E-state index in [0.717, 1.165) is 18.4 Å². The van der Waals surface area contributed by atoms with Gasteiger partial charge in [-0.15, -0.1) is 6.58 Å². The lowest BCUT2D eigenvalue weighted by Gasteiger charge is -2.25. The first-order chi connectivity index (χ1) is 17.9. The van der Waals surface area contributed by atoms with Crippen molar-refractivity contribution in [3.63, 3.8) is 0 Å². The van der Waals surface area contributed by atoms with Crippen molar-refractivity contribution in [1.29, 1.82) is 0 Å². The quantitative estimate of drug-likeness (QED) is 0.407. The second-order valence-electron chi connectivity index (χ2n) is 9.14. The molecule has 8 heteroatoms. The number of carbonyl (C=O) groups is 2. The summed E-state index contributed by atoms with van der Waals surface area (Å²) in [5, 5.41) is 2.93. The van der Waals surface area contributed by atoms with E-state index in [1.807, 2.05) is 62.4 Å². The van der Waals surface area contributed by atoms with Gasteiger partial charge in [-0.25, -0.2) is 9.78 Å². The number of rotatable bonds is 9. The van der Waals surface area contributed by atoms with Gasteiger partial charge in [0.15, 0.2) is 0 Å². The smallest absolute Gasteiger partial charge is 0.415 e. The molecule has 1 aromatic heterocycles. The van der Waals surface area contributed by atoms with Gasteiger partial charge in [-0.3, -0.25) is 19.1 Å². The van der Waals surface area contributed by atoms with E-state index in [1.165, 1.54) is 21.7 Å². The first kappa shape index (κ1) is 25.9. The maximum Gasteiger partial charge on any atom is 0.415 e. The molecule has 0 saturated carbocycles. The first-order valence-corrected chi connectivity index (χ1v) is 12.5. The van der Waals surface area contributed by atoms with E-state index in [1.54, 1.807) is 12.1 Å². The highest BCUT2D eigenvalue weighted by molar-refractivity contribution is 5.94. The first-order valence-electron chi connectivity index (χ1n) is 12.5. The van der Waals surface area contributed by atoms with Crippen molar-refractivity contribution >= 4 is 23.4 Å². The van der Waals surface area contributed by atoms with Gasteiger partial charge in [-0.05, 0) is 37.0 Å². The molecule has 37 heavy (non-hydrogen) atoms. The molecule has 0 radical (unpaired) electrons. The normalized spacial score (nSPS) is 15.5. The van der Waals surface area contributed by atoms with E-state index in [2.05, 4.69) is 16.9 Å². The topological polar surface area (TPSA) is 93.5 Å². The van der Waals surface area contributed by atoms with Crippen molar-refractivity contribution in [2.45, 2.75) is 51.2 Å². The Balaban J connectivity index is 1.70. The molecule has 1 atom stereocenters. The predicted molar refractivity (Wildman–Crippen MR) is 144 cm³/mol. The van der Waals surface area contributed by atoms with Crippen LogP contribution in [0.25, 0.3) is 0 Å². The Morgan fingerprint density at radius 1 is 1.14 bits per heavy atom. The number of nitrogens with one attached hydrogen (secondary N) is 1. The molecule has 2 amide bonds. The summed E-state index contributed by atoms with van der Waals surface area (Å²) >= 11 is 0. The Hall–Kier alpha value is -4.20. The third-order valence-corrected chi connectivity index (χ3v) is 7.07. The molecule has 1 aliphatic heterocycles. The average molecular weight is 501 g/mol. The summed E-state index contributed by atoms with van der Waals surface area (Å²) in [6, 6.07) is 17.7. The van der Waals surface area contributed by atoms with E-state index in [0.29, 0.717) is 17.9 Å². The van der Waals surface area contributed by atoms with E-state index in [9.17, 15) is 14.4 Å². The van der Waals surface area contributed by atoms with Crippen molar-refractivity contribution in [3.05, 3.63) is 101 Å². The van der Waals surface area contributed by atoms with Gasteiger partial charge in [-0.1, -0.05) is 68.5 Å². The summed E-state index contributed by atoms with van der Waals surface area (Å²) in [6.45, 7) is 7.91. The van der Waals surface area contributed by atoms with Crippen LogP contribution in [0.3, 0.4) is 0 Å². The van der Waals surface area contributed by atoms with E-state index in [4.69, 9.17) is 4.74 Å². The predicted octanol–water partition coefficient (Wildman–Crippen LogP) is 5.21. The number of anilines is 2. The molecule has 2 aromatic carbocycles. The molecular weight excluding hydrogens is 468 g/mol.